The van der Waals surface area contributed by atoms with Gasteiger partial charge in [-0.2, -0.15) is 0 Å². The molecule has 2 aromatic heterocycles. The van der Waals surface area contributed by atoms with E-state index >= 15 is 0 Å². The van der Waals surface area contributed by atoms with E-state index in [2.05, 4.69) is 15.1 Å². The number of carbonyl (C=O) groups is 1. The number of pyridine rings is 1. The van der Waals surface area contributed by atoms with E-state index in [0.29, 0.717) is 35.2 Å². The summed E-state index contributed by atoms with van der Waals surface area (Å²) in [6.45, 7) is 4.29. The number of para-hydroxylation sites is 2. The van der Waals surface area contributed by atoms with Crippen LogP contribution in [-0.4, -0.2) is 59.2 Å². The van der Waals surface area contributed by atoms with Crippen molar-refractivity contribution >= 4 is 33.4 Å². The highest BCUT2D eigenvalue weighted by atomic mass is 19.1. The Morgan fingerprint density at radius 2 is 1.71 bits per heavy atom. The zero-order chi connectivity index (χ0) is 23.8. The molecule has 0 radical (unpaired) electrons. The van der Waals surface area contributed by atoms with Gasteiger partial charge in [-0.25, -0.2) is 4.39 Å². The fourth-order valence-electron chi connectivity index (χ4n) is 4.92. The molecule has 1 N–H and O–H groups in total. The second-order valence-electron chi connectivity index (χ2n) is 8.79. The van der Waals surface area contributed by atoms with Crippen LogP contribution in [0, 0.1) is 5.82 Å². The van der Waals surface area contributed by atoms with Crippen molar-refractivity contribution in [2.45, 2.75) is 0 Å². The van der Waals surface area contributed by atoms with E-state index in [1.807, 2.05) is 48.0 Å². The van der Waals surface area contributed by atoms with Gasteiger partial charge in [0.15, 0.2) is 0 Å². The minimum absolute atomic E-state index is 0.127. The molecule has 0 atom stereocenters. The quantitative estimate of drug-likeness (QED) is 0.497. The number of nitrogens with zero attached hydrogens (tertiary/aromatic N) is 4. The average molecular weight is 462 g/mol. The summed E-state index contributed by atoms with van der Waals surface area (Å²) in [6, 6.07) is 14.6. The third kappa shape index (κ3) is 3.84. The van der Waals surface area contributed by atoms with Crippen molar-refractivity contribution in [1.82, 2.24) is 19.4 Å². The van der Waals surface area contributed by atoms with Crippen LogP contribution in [0.25, 0.3) is 21.8 Å². The Labute approximate surface area is 197 Å². The van der Waals surface area contributed by atoms with E-state index in [1.54, 1.807) is 19.3 Å². The topological polar surface area (TPSA) is 62.5 Å². The van der Waals surface area contributed by atoms with Crippen molar-refractivity contribution in [3.63, 3.8) is 0 Å². The molecule has 176 valence electrons. The van der Waals surface area contributed by atoms with Crippen molar-refractivity contribution in [3.8, 4) is 0 Å². The number of hydrogen-bond donors (Lipinski definition) is 1. The summed E-state index contributed by atoms with van der Waals surface area (Å²) in [4.78, 5) is 30.4. The van der Waals surface area contributed by atoms with E-state index in [9.17, 15) is 14.0 Å². The smallest absolute Gasteiger partial charge is 0.274 e. The van der Waals surface area contributed by atoms with Crippen molar-refractivity contribution in [2.24, 2.45) is 14.1 Å². The number of piperazine rings is 1. The molecule has 2 aromatic carbocycles. The molecule has 34 heavy (non-hydrogen) atoms. The first kappa shape index (κ1) is 22.2. The molecular formula is C26H28FN5O2. The highest BCUT2D eigenvalue weighted by Gasteiger charge is 2.22. The lowest BCUT2D eigenvalue weighted by atomic mass is 10.1. The van der Waals surface area contributed by atoms with E-state index < -0.39 is 0 Å². The first-order valence-electron chi connectivity index (χ1n) is 11.5. The second kappa shape index (κ2) is 8.95. The number of amides is 1. The van der Waals surface area contributed by atoms with Gasteiger partial charge >= 0.3 is 0 Å². The van der Waals surface area contributed by atoms with Crippen LogP contribution in [-0.2, 0) is 14.1 Å². The second-order valence-corrected chi connectivity index (χ2v) is 8.79. The van der Waals surface area contributed by atoms with Crippen LogP contribution in [0.2, 0.25) is 0 Å². The number of fused-ring (bicyclic) bond motifs is 3. The van der Waals surface area contributed by atoms with Gasteiger partial charge in [-0.05, 0) is 18.2 Å². The summed E-state index contributed by atoms with van der Waals surface area (Å²) < 4.78 is 17.4. The Balaban J connectivity index is 1.27. The molecule has 8 heteroatoms. The Hall–Kier alpha value is -3.65. The van der Waals surface area contributed by atoms with E-state index in [0.717, 1.165) is 37.1 Å². The maximum absolute atomic E-state index is 14.1. The lowest BCUT2D eigenvalue weighted by Crippen LogP contribution is -2.48. The summed E-state index contributed by atoms with van der Waals surface area (Å²) in [5.74, 6) is -0.387. The first-order valence-corrected chi connectivity index (χ1v) is 11.5. The molecule has 1 saturated heterocycles. The molecular weight excluding hydrogens is 433 g/mol. The van der Waals surface area contributed by atoms with Gasteiger partial charge in [0.05, 0.1) is 11.3 Å². The van der Waals surface area contributed by atoms with E-state index in [4.69, 9.17) is 0 Å². The van der Waals surface area contributed by atoms with Crippen LogP contribution < -0.4 is 15.8 Å². The molecule has 3 heterocycles. The van der Waals surface area contributed by atoms with Gasteiger partial charge in [0.2, 0.25) is 0 Å². The average Bonchev–Trinajstić information content (AvgIpc) is 3.15. The third-order valence-corrected chi connectivity index (χ3v) is 6.75. The molecule has 5 rings (SSSR count). The first-order chi connectivity index (χ1) is 16.5. The van der Waals surface area contributed by atoms with Crippen LogP contribution in [0.4, 0.5) is 10.1 Å². The normalized spacial score (nSPS) is 14.7. The molecule has 0 unspecified atom stereocenters. The SMILES string of the molecule is Cn1cc(C(=O)NCCN2CCN(c3ccccc3F)CC2)c2c3ccccc3n(C)c2c1=O. The molecule has 0 aliphatic carbocycles. The number of rotatable bonds is 5. The monoisotopic (exact) mass is 461 g/mol. The molecule has 0 saturated carbocycles. The fraction of sp³-hybridized carbons (Fsp3) is 0.308. The maximum atomic E-state index is 14.1. The molecule has 0 spiro atoms. The summed E-state index contributed by atoms with van der Waals surface area (Å²) in [5.41, 5.74) is 2.46. The number of aromatic nitrogens is 2. The molecule has 0 bridgehead atoms. The zero-order valence-electron chi connectivity index (χ0n) is 19.4. The largest absolute Gasteiger partial charge is 0.367 e. The lowest BCUT2D eigenvalue weighted by Gasteiger charge is -2.36. The number of hydrogen-bond acceptors (Lipinski definition) is 4. The number of aryl methyl sites for hydroxylation is 2. The third-order valence-electron chi connectivity index (χ3n) is 6.75. The lowest BCUT2D eigenvalue weighted by molar-refractivity contribution is 0.0948. The zero-order valence-corrected chi connectivity index (χ0v) is 19.4. The Morgan fingerprint density at radius 3 is 2.47 bits per heavy atom. The van der Waals surface area contributed by atoms with Crippen LogP contribution in [0.3, 0.4) is 0 Å². The minimum Gasteiger partial charge on any atom is -0.367 e. The highest BCUT2D eigenvalue weighted by Crippen LogP contribution is 2.28. The number of nitrogens with one attached hydrogen (secondary N) is 1. The van der Waals surface area contributed by atoms with Gasteiger partial charge in [-0.15, -0.1) is 0 Å². The molecule has 1 amide bonds. The molecule has 7 nitrogen and oxygen atoms in total. The van der Waals surface area contributed by atoms with Gasteiger partial charge in [0.1, 0.15) is 11.3 Å². The van der Waals surface area contributed by atoms with Crippen molar-refractivity contribution < 1.29 is 9.18 Å². The van der Waals surface area contributed by atoms with Crippen LogP contribution >= 0.6 is 0 Å². The van der Waals surface area contributed by atoms with Crippen molar-refractivity contribution in [3.05, 3.63) is 76.5 Å². The summed E-state index contributed by atoms with van der Waals surface area (Å²) in [6.07, 6.45) is 1.62. The minimum atomic E-state index is -0.194. The number of anilines is 1. The summed E-state index contributed by atoms with van der Waals surface area (Å²) in [5, 5.41) is 4.62. The Morgan fingerprint density at radius 1 is 1.00 bits per heavy atom. The maximum Gasteiger partial charge on any atom is 0.274 e. The van der Waals surface area contributed by atoms with Crippen molar-refractivity contribution in [1.29, 1.82) is 0 Å². The Kier molecular flexibility index (Phi) is 5.83. The Bertz CT molecular complexity index is 1430. The van der Waals surface area contributed by atoms with Gasteiger partial charge in [0.25, 0.3) is 11.5 Å². The highest BCUT2D eigenvalue weighted by molar-refractivity contribution is 6.17. The van der Waals surface area contributed by atoms with Crippen LogP contribution in [0.1, 0.15) is 10.4 Å². The predicted octanol–water partition coefficient (Wildman–Crippen LogP) is 2.72. The number of benzene rings is 2. The fourth-order valence-corrected chi connectivity index (χ4v) is 4.92. The molecule has 1 fully saturated rings. The van der Waals surface area contributed by atoms with Crippen LogP contribution in [0.5, 0.6) is 0 Å². The molecule has 4 aromatic rings. The van der Waals surface area contributed by atoms with E-state index in [1.165, 1.54) is 10.6 Å². The van der Waals surface area contributed by atoms with Gasteiger partial charge in [-0.3, -0.25) is 14.5 Å². The van der Waals surface area contributed by atoms with Crippen molar-refractivity contribution in [2.75, 3.05) is 44.2 Å². The summed E-state index contributed by atoms with van der Waals surface area (Å²) >= 11 is 0. The summed E-state index contributed by atoms with van der Waals surface area (Å²) in [7, 11) is 3.53. The number of halogens is 1. The van der Waals surface area contributed by atoms with Gasteiger partial charge in [-0.1, -0.05) is 30.3 Å². The molecule has 1 aliphatic rings. The number of carbonyl (C=O) groups excluding carboxylic acids is 1. The predicted molar refractivity (Wildman–Crippen MR) is 133 cm³/mol. The standard InChI is InChI=1S/C26H28FN5O2/c1-29-17-19(23-18-7-3-5-9-21(18)30(2)24(23)26(29)34)25(33)28-11-12-31-13-15-32(16-14-31)22-10-6-4-8-20(22)27/h3-10,17H,11-16H2,1-2H3,(H,28,33). The van der Waals surface area contributed by atoms with Gasteiger partial charge in [0, 0.05) is 75.8 Å². The molecule has 1 aliphatic heterocycles. The van der Waals surface area contributed by atoms with Crippen LogP contribution in [0.15, 0.2) is 59.5 Å². The van der Waals surface area contributed by atoms with Gasteiger partial charge < -0.3 is 19.4 Å². The van der Waals surface area contributed by atoms with E-state index in [-0.39, 0.29) is 17.3 Å².